The molecule has 0 aliphatic carbocycles. The van der Waals surface area contributed by atoms with E-state index in [1.807, 2.05) is 19.2 Å². The normalized spacial score (nSPS) is 14.2. The molecule has 0 unspecified atom stereocenters. The van der Waals surface area contributed by atoms with E-state index in [4.69, 9.17) is 16.3 Å². The number of rotatable bonds is 7. The number of hydrogen-bond acceptors (Lipinski definition) is 7. The third-order valence-electron chi connectivity index (χ3n) is 5.65. The maximum Gasteiger partial charge on any atom is 0.233 e. The molecule has 8 nitrogen and oxygen atoms in total. The van der Waals surface area contributed by atoms with E-state index in [0.29, 0.717) is 23.6 Å². The highest BCUT2D eigenvalue weighted by Crippen LogP contribution is 2.37. The quantitative estimate of drug-likeness (QED) is 0.563. The van der Waals surface area contributed by atoms with Crippen LogP contribution in [0, 0.1) is 5.82 Å². The van der Waals surface area contributed by atoms with Crippen LogP contribution >= 0.6 is 11.6 Å². The Morgan fingerprint density at radius 2 is 2.12 bits per heavy atom. The average molecular weight is 459 g/mol. The predicted molar refractivity (Wildman–Crippen MR) is 123 cm³/mol. The van der Waals surface area contributed by atoms with Crippen molar-refractivity contribution in [3.63, 3.8) is 0 Å². The minimum atomic E-state index is -0.544. The summed E-state index contributed by atoms with van der Waals surface area (Å²) in [5.74, 6) is 0.583. The SMILES string of the molecule is CNC(=O)CN1CC(N(C)c2cc3c(Nc4cccc(Cl)c4F)ncnc3cc2OC)C1. The summed E-state index contributed by atoms with van der Waals surface area (Å²) < 4.78 is 20.0. The van der Waals surface area contributed by atoms with Gasteiger partial charge in [0.15, 0.2) is 5.82 Å². The summed E-state index contributed by atoms with van der Waals surface area (Å²) in [6.07, 6.45) is 1.42. The molecule has 1 amide bonds. The number of aromatic nitrogens is 2. The Bertz CT molecular complexity index is 1150. The maximum absolute atomic E-state index is 14.4. The van der Waals surface area contributed by atoms with Crippen molar-refractivity contribution >= 4 is 45.6 Å². The van der Waals surface area contributed by atoms with E-state index in [2.05, 4.69) is 30.4 Å². The fourth-order valence-corrected chi connectivity index (χ4v) is 3.91. The molecule has 0 bridgehead atoms. The van der Waals surface area contributed by atoms with Crippen molar-refractivity contribution < 1.29 is 13.9 Å². The molecule has 32 heavy (non-hydrogen) atoms. The zero-order valence-electron chi connectivity index (χ0n) is 18.0. The molecule has 4 rings (SSSR count). The molecule has 1 fully saturated rings. The largest absolute Gasteiger partial charge is 0.495 e. The van der Waals surface area contributed by atoms with Crippen LogP contribution in [-0.2, 0) is 4.79 Å². The summed E-state index contributed by atoms with van der Waals surface area (Å²) in [5, 5.41) is 6.42. The minimum Gasteiger partial charge on any atom is -0.495 e. The molecule has 10 heteroatoms. The number of fused-ring (bicyclic) bond motifs is 1. The fraction of sp³-hybridized carbons (Fsp3) is 0.318. The average Bonchev–Trinajstić information content (AvgIpc) is 2.77. The number of hydrogen-bond donors (Lipinski definition) is 2. The van der Waals surface area contributed by atoms with Crippen molar-refractivity contribution in [3.8, 4) is 5.75 Å². The highest BCUT2D eigenvalue weighted by molar-refractivity contribution is 6.31. The number of nitrogens with one attached hydrogen (secondary N) is 2. The number of amides is 1. The summed E-state index contributed by atoms with van der Waals surface area (Å²) in [7, 11) is 5.23. The van der Waals surface area contributed by atoms with Gasteiger partial charge in [-0.1, -0.05) is 17.7 Å². The highest BCUT2D eigenvalue weighted by Gasteiger charge is 2.32. The standard InChI is InChI=1S/C22H24ClFN6O2/c1-25-20(31)11-30-9-13(10-30)29(2)18-7-14-17(8-19(18)32-3)26-12-27-22(14)28-16-6-4-5-15(23)21(16)24/h4-8,12-13H,9-11H2,1-3H3,(H,25,31)(H,26,27,28). The molecule has 2 N–H and O–H groups in total. The van der Waals surface area contributed by atoms with Crippen molar-refractivity contribution in [2.24, 2.45) is 0 Å². The first kappa shape index (κ1) is 22.0. The van der Waals surface area contributed by atoms with Gasteiger partial charge in [0.1, 0.15) is 17.9 Å². The number of anilines is 3. The monoisotopic (exact) mass is 458 g/mol. The lowest BCUT2D eigenvalue weighted by Crippen LogP contribution is -2.60. The lowest BCUT2D eigenvalue weighted by Gasteiger charge is -2.44. The Morgan fingerprint density at radius 1 is 1.34 bits per heavy atom. The first-order valence-corrected chi connectivity index (χ1v) is 10.5. The maximum atomic E-state index is 14.4. The van der Waals surface area contributed by atoms with Gasteiger partial charge in [0.2, 0.25) is 5.91 Å². The van der Waals surface area contributed by atoms with Crippen LogP contribution in [0.5, 0.6) is 5.75 Å². The van der Waals surface area contributed by atoms with Crippen LogP contribution in [-0.4, -0.2) is 67.7 Å². The zero-order chi connectivity index (χ0) is 22.8. The van der Waals surface area contributed by atoms with Gasteiger partial charge in [-0.05, 0) is 18.2 Å². The predicted octanol–water partition coefficient (Wildman–Crippen LogP) is 3.04. The molecule has 2 aromatic carbocycles. The molecule has 1 aliphatic heterocycles. The van der Waals surface area contributed by atoms with Crippen LogP contribution in [0.1, 0.15) is 0 Å². The number of carbonyl (C=O) groups excluding carboxylic acids is 1. The van der Waals surface area contributed by atoms with Crippen molar-refractivity contribution in [2.45, 2.75) is 6.04 Å². The Hall–Kier alpha value is -3.17. The first-order valence-electron chi connectivity index (χ1n) is 10.1. The van der Waals surface area contributed by atoms with Crippen LogP contribution in [0.3, 0.4) is 0 Å². The summed E-state index contributed by atoms with van der Waals surface area (Å²) in [6, 6.07) is 8.74. The highest BCUT2D eigenvalue weighted by atomic mass is 35.5. The van der Waals surface area contributed by atoms with Gasteiger partial charge >= 0.3 is 0 Å². The molecule has 0 radical (unpaired) electrons. The van der Waals surface area contributed by atoms with Crippen LogP contribution in [0.2, 0.25) is 5.02 Å². The Kier molecular flexibility index (Phi) is 6.29. The van der Waals surface area contributed by atoms with E-state index < -0.39 is 5.82 Å². The Balaban J connectivity index is 1.64. The fourth-order valence-electron chi connectivity index (χ4n) is 3.73. The van der Waals surface area contributed by atoms with Crippen molar-refractivity contribution in [1.82, 2.24) is 20.2 Å². The lowest BCUT2D eigenvalue weighted by molar-refractivity contribution is -0.122. The summed E-state index contributed by atoms with van der Waals surface area (Å²) in [5.41, 5.74) is 1.75. The lowest BCUT2D eigenvalue weighted by atomic mass is 10.1. The molecule has 1 aromatic heterocycles. The molecular formula is C22H24ClFN6O2. The number of carbonyl (C=O) groups is 1. The number of benzene rings is 2. The van der Waals surface area contributed by atoms with Crippen LogP contribution in [0.15, 0.2) is 36.7 Å². The van der Waals surface area contributed by atoms with E-state index in [1.165, 1.54) is 12.4 Å². The second-order valence-corrected chi connectivity index (χ2v) is 8.03. The molecule has 168 valence electrons. The van der Waals surface area contributed by atoms with Gasteiger partial charge < -0.3 is 20.3 Å². The van der Waals surface area contributed by atoms with Crippen molar-refractivity contribution in [1.29, 1.82) is 0 Å². The van der Waals surface area contributed by atoms with E-state index in [-0.39, 0.29) is 22.7 Å². The van der Waals surface area contributed by atoms with Crippen molar-refractivity contribution in [3.05, 3.63) is 47.5 Å². The number of methoxy groups -OCH3 is 1. The summed E-state index contributed by atoms with van der Waals surface area (Å²) in [6.45, 7) is 1.90. The van der Waals surface area contributed by atoms with E-state index in [0.717, 1.165) is 24.2 Å². The number of nitrogens with zero attached hydrogens (tertiary/aromatic N) is 4. The van der Waals surface area contributed by atoms with Gasteiger partial charge in [0.25, 0.3) is 0 Å². The van der Waals surface area contributed by atoms with Gasteiger partial charge in [0.05, 0.1) is 41.6 Å². The van der Waals surface area contributed by atoms with E-state index in [1.54, 1.807) is 26.3 Å². The van der Waals surface area contributed by atoms with Crippen LogP contribution in [0.4, 0.5) is 21.6 Å². The van der Waals surface area contributed by atoms with Crippen molar-refractivity contribution in [2.75, 3.05) is 51.1 Å². The topological polar surface area (TPSA) is 82.6 Å². The Labute approximate surface area is 190 Å². The summed E-state index contributed by atoms with van der Waals surface area (Å²) in [4.78, 5) is 24.5. The van der Waals surface area contributed by atoms with Gasteiger partial charge in [-0.25, -0.2) is 14.4 Å². The molecule has 0 saturated carbocycles. The third-order valence-corrected chi connectivity index (χ3v) is 5.94. The number of likely N-dealkylation sites (N-methyl/N-ethyl adjacent to an activating group) is 2. The molecule has 3 aromatic rings. The molecule has 2 heterocycles. The first-order chi connectivity index (χ1) is 15.4. The van der Waals surface area contributed by atoms with Gasteiger partial charge in [-0.2, -0.15) is 0 Å². The van der Waals surface area contributed by atoms with Gasteiger partial charge in [0, 0.05) is 38.6 Å². The van der Waals surface area contributed by atoms with Crippen LogP contribution in [0.25, 0.3) is 10.9 Å². The number of likely N-dealkylation sites (tertiary alicyclic amines) is 1. The molecule has 1 saturated heterocycles. The molecule has 0 atom stereocenters. The van der Waals surface area contributed by atoms with E-state index in [9.17, 15) is 9.18 Å². The zero-order valence-corrected chi connectivity index (χ0v) is 18.8. The minimum absolute atomic E-state index is 0.00417. The second-order valence-electron chi connectivity index (χ2n) is 7.62. The molecule has 0 spiro atoms. The molecule has 1 aliphatic rings. The third kappa shape index (κ3) is 4.26. The molecular weight excluding hydrogens is 435 g/mol. The summed E-state index contributed by atoms with van der Waals surface area (Å²) >= 11 is 5.91. The van der Waals surface area contributed by atoms with Crippen LogP contribution < -0.4 is 20.3 Å². The number of ether oxygens (including phenoxy) is 1. The Morgan fingerprint density at radius 3 is 2.84 bits per heavy atom. The number of halogens is 2. The smallest absolute Gasteiger partial charge is 0.233 e. The van der Waals surface area contributed by atoms with Gasteiger partial charge in [-0.15, -0.1) is 0 Å². The second kappa shape index (κ2) is 9.13. The van der Waals surface area contributed by atoms with Gasteiger partial charge in [-0.3, -0.25) is 9.69 Å². The van der Waals surface area contributed by atoms with E-state index >= 15 is 0 Å².